The lowest BCUT2D eigenvalue weighted by Gasteiger charge is -2.31. The van der Waals surface area contributed by atoms with E-state index in [0.29, 0.717) is 22.4 Å². The number of hydrogen-bond acceptors (Lipinski definition) is 3. The van der Waals surface area contributed by atoms with Crippen molar-refractivity contribution in [1.82, 2.24) is 9.78 Å². The van der Waals surface area contributed by atoms with E-state index in [2.05, 4.69) is 10.4 Å². The van der Waals surface area contributed by atoms with Gasteiger partial charge in [0.15, 0.2) is 6.04 Å². The molecule has 1 aromatic carbocycles. The lowest BCUT2D eigenvalue weighted by molar-refractivity contribution is -0.173. The average molecular weight is 270 g/mol. The molecule has 3 N–H and O–H groups in total. The number of nitrogens with zero attached hydrogens (tertiary/aromatic N) is 2. The van der Waals surface area contributed by atoms with E-state index in [-0.39, 0.29) is 12.5 Å². The van der Waals surface area contributed by atoms with Crippen molar-refractivity contribution in [3.63, 3.8) is 0 Å². The Kier molecular flexibility index (Phi) is 2.42. The Bertz CT molecular complexity index is 632. The molecule has 0 fully saturated rings. The van der Waals surface area contributed by atoms with Crippen molar-refractivity contribution < 1.29 is 13.2 Å². The molecule has 1 aromatic heterocycles. The standard InChI is InChI=1S/C12H13F3N4/c1-6-4-10(12(13,14)15)19-11(17-6)8-3-2-7(16)5-9(8)18-19/h2-3,5-6,10,17H,4,16H2,1H3. The summed E-state index contributed by atoms with van der Waals surface area (Å²) in [5.41, 5.74) is 6.60. The molecule has 4 nitrogen and oxygen atoms in total. The number of halogens is 3. The van der Waals surface area contributed by atoms with E-state index in [1.807, 2.05) is 0 Å². The predicted molar refractivity (Wildman–Crippen MR) is 66.9 cm³/mol. The quantitative estimate of drug-likeness (QED) is 0.724. The molecule has 1 aliphatic heterocycles. The Morgan fingerprint density at radius 2 is 2.16 bits per heavy atom. The van der Waals surface area contributed by atoms with Gasteiger partial charge in [0.25, 0.3) is 0 Å². The minimum Gasteiger partial charge on any atom is -0.399 e. The Hall–Kier alpha value is -1.92. The third-order valence-electron chi connectivity index (χ3n) is 3.35. The van der Waals surface area contributed by atoms with Crippen molar-refractivity contribution in [1.29, 1.82) is 0 Å². The minimum absolute atomic E-state index is 0.0278. The summed E-state index contributed by atoms with van der Waals surface area (Å²) in [5.74, 6) is 0.413. The van der Waals surface area contributed by atoms with E-state index < -0.39 is 12.2 Å². The topological polar surface area (TPSA) is 55.9 Å². The highest BCUT2D eigenvalue weighted by Gasteiger charge is 2.45. The van der Waals surface area contributed by atoms with Crippen LogP contribution >= 0.6 is 0 Å². The van der Waals surface area contributed by atoms with Gasteiger partial charge in [-0.25, -0.2) is 4.68 Å². The molecular formula is C12H13F3N4. The number of rotatable bonds is 0. The van der Waals surface area contributed by atoms with Gasteiger partial charge in [-0.3, -0.25) is 0 Å². The smallest absolute Gasteiger partial charge is 0.399 e. The number of anilines is 2. The van der Waals surface area contributed by atoms with Gasteiger partial charge in [-0.15, -0.1) is 0 Å². The van der Waals surface area contributed by atoms with Crippen molar-refractivity contribution >= 4 is 22.4 Å². The summed E-state index contributed by atoms with van der Waals surface area (Å²) in [6.45, 7) is 1.73. The molecule has 0 radical (unpaired) electrons. The second kappa shape index (κ2) is 3.79. The number of hydrogen-bond donors (Lipinski definition) is 2. The summed E-state index contributed by atoms with van der Waals surface area (Å²) in [4.78, 5) is 0. The number of aromatic nitrogens is 2. The molecule has 2 heterocycles. The van der Waals surface area contributed by atoms with E-state index in [4.69, 9.17) is 5.73 Å². The van der Waals surface area contributed by atoms with Gasteiger partial charge in [-0.2, -0.15) is 18.3 Å². The molecule has 1 aliphatic rings. The number of alkyl halides is 3. The Labute approximate surface area is 107 Å². The first-order chi connectivity index (χ1) is 8.86. The second-order valence-corrected chi connectivity index (χ2v) is 4.91. The number of nitrogens with two attached hydrogens (primary N) is 1. The first kappa shape index (κ1) is 12.1. The Morgan fingerprint density at radius 1 is 1.42 bits per heavy atom. The minimum atomic E-state index is -4.31. The number of benzene rings is 1. The van der Waals surface area contributed by atoms with Crippen molar-refractivity contribution in [2.45, 2.75) is 31.6 Å². The van der Waals surface area contributed by atoms with Crippen molar-refractivity contribution in [2.24, 2.45) is 0 Å². The average Bonchev–Trinajstić information content (AvgIpc) is 2.64. The van der Waals surface area contributed by atoms with Gasteiger partial charge >= 0.3 is 6.18 Å². The summed E-state index contributed by atoms with van der Waals surface area (Å²) >= 11 is 0. The molecular weight excluding hydrogens is 257 g/mol. The van der Waals surface area contributed by atoms with Gasteiger partial charge in [0.05, 0.1) is 5.52 Å². The molecule has 0 bridgehead atoms. The van der Waals surface area contributed by atoms with Crippen LogP contribution in [0.5, 0.6) is 0 Å². The van der Waals surface area contributed by atoms with E-state index in [9.17, 15) is 13.2 Å². The second-order valence-electron chi connectivity index (χ2n) is 4.91. The monoisotopic (exact) mass is 270 g/mol. The highest BCUT2D eigenvalue weighted by molar-refractivity contribution is 5.92. The summed E-state index contributed by atoms with van der Waals surface area (Å²) in [5, 5.41) is 7.78. The van der Waals surface area contributed by atoms with Crippen LogP contribution in [0.15, 0.2) is 18.2 Å². The molecule has 2 aromatic rings. The van der Waals surface area contributed by atoms with Gasteiger partial charge in [0, 0.05) is 17.1 Å². The molecule has 2 unspecified atom stereocenters. The molecule has 19 heavy (non-hydrogen) atoms. The zero-order chi connectivity index (χ0) is 13.8. The van der Waals surface area contributed by atoms with Gasteiger partial charge in [-0.05, 0) is 31.5 Å². The predicted octanol–water partition coefficient (Wildman–Crippen LogP) is 2.93. The Morgan fingerprint density at radius 3 is 2.84 bits per heavy atom. The molecule has 0 saturated carbocycles. The highest BCUT2D eigenvalue weighted by atomic mass is 19.4. The summed E-state index contributed by atoms with van der Waals surface area (Å²) < 4.78 is 40.3. The fourth-order valence-electron chi connectivity index (χ4n) is 2.49. The first-order valence-electron chi connectivity index (χ1n) is 5.97. The summed E-state index contributed by atoms with van der Waals surface area (Å²) in [6, 6.07) is 3.10. The lowest BCUT2D eigenvalue weighted by Crippen LogP contribution is -2.37. The molecule has 3 rings (SSSR count). The zero-order valence-electron chi connectivity index (χ0n) is 10.2. The normalized spacial score (nSPS) is 23.2. The maximum Gasteiger partial charge on any atom is 0.410 e. The van der Waals surface area contributed by atoms with Crippen LogP contribution < -0.4 is 11.1 Å². The fourth-order valence-corrected chi connectivity index (χ4v) is 2.49. The molecule has 2 atom stereocenters. The van der Waals surface area contributed by atoms with Gasteiger partial charge < -0.3 is 11.1 Å². The summed E-state index contributed by atoms with van der Waals surface area (Å²) in [6.07, 6.45) is -4.33. The third kappa shape index (κ3) is 1.89. The van der Waals surface area contributed by atoms with Crippen LogP contribution in [0.2, 0.25) is 0 Å². The zero-order valence-corrected chi connectivity index (χ0v) is 10.2. The van der Waals surface area contributed by atoms with Crippen LogP contribution in [-0.4, -0.2) is 22.0 Å². The maximum absolute atomic E-state index is 13.1. The van der Waals surface area contributed by atoms with Crippen molar-refractivity contribution in [3.8, 4) is 0 Å². The molecule has 0 spiro atoms. The van der Waals surface area contributed by atoms with Crippen LogP contribution in [0.3, 0.4) is 0 Å². The van der Waals surface area contributed by atoms with Crippen LogP contribution in [-0.2, 0) is 0 Å². The third-order valence-corrected chi connectivity index (χ3v) is 3.35. The van der Waals surface area contributed by atoms with E-state index in [1.54, 1.807) is 25.1 Å². The van der Waals surface area contributed by atoms with Crippen LogP contribution in [0.4, 0.5) is 24.7 Å². The van der Waals surface area contributed by atoms with E-state index in [0.717, 1.165) is 4.68 Å². The van der Waals surface area contributed by atoms with Gasteiger partial charge in [-0.1, -0.05) is 0 Å². The fraction of sp³-hybridized carbons (Fsp3) is 0.417. The molecule has 0 aliphatic carbocycles. The summed E-state index contributed by atoms with van der Waals surface area (Å²) in [7, 11) is 0. The van der Waals surface area contributed by atoms with E-state index in [1.165, 1.54) is 0 Å². The Balaban J connectivity index is 2.22. The van der Waals surface area contributed by atoms with Gasteiger partial charge in [0.1, 0.15) is 5.82 Å². The van der Waals surface area contributed by atoms with E-state index >= 15 is 0 Å². The molecule has 0 amide bonds. The molecule has 0 saturated heterocycles. The van der Waals surface area contributed by atoms with Crippen LogP contribution in [0, 0.1) is 0 Å². The molecule has 7 heteroatoms. The van der Waals surface area contributed by atoms with Crippen LogP contribution in [0.1, 0.15) is 19.4 Å². The highest BCUT2D eigenvalue weighted by Crippen LogP contribution is 2.41. The van der Waals surface area contributed by atoms with Crippen molar-refractivity contribution in [3.05, 3.63) is 18.2 Å². The maximum atomic E-state index is 13.1. The lowest BCUT2D eigenvalue weighted by atomic mass is 10.1. The number of fused-ring (bicyclic) bond motifs is 3. The largest absolute Gasteiger partial charge is 0.410 e. The van der Waals surface area contributed by atoms with Crippen LogP contribution in [0.25, 0.3) is 10.9 Å². The number of nitrogen functional groups attached to an aromatic ring is 1. The van der Waals surface area contributed by atoms with Crippen molar-refractivity contribution in [2.75, 3.05) is 11.1 Å². The number of nitrogens with one attached hydrogen (secondary N) is 1. The van der Waals surface area contributed by atoms with Gasteiger partial charge in [0.2, 0.25) is 0 Å². The SMILES string of the molecule is CC1CC(C(F)(F)F)n2nc3cc(N)ccc3c2N1. The first-order valence-corrected chi connectivity index (χ1v) is 5.97. The molecule has 102 valence electrons.